The summed E-state index contributed by atoms with van der Waals surface area (Å²) >= 11 is 13.5. The number of fused-ring (bicyclic) bond motifs is 1. The van der Waals surface area contributed by atoms with Crippen LogP contribution in [-0.2, 0) is 24.1 Å². The second-order valence-corrected chi connectivity index (χ2v) is 8.60. The number of ether oxygens (including phenoxy) is 1. The number of nitrogens with one attached hydrogen (secondary N) is 2. The Bertz CT molecular complexity index is 1160. The molecule has 0 aliphatic heterocycles. The van der Waals surface area contributed by atoms with Gasteiger partial charge in [-0.3, -0.25) is 9.89 Å². The zero-order valence-corrected chi connectivity index (χ0v) is 19.6. The molecule has 32 heavy (non-hydrogen) atoms. The van der Waals surface area contributed by atoms with Gasteiger partial charge in [0.1, 0.15) is 5.75 Å². The Labute approximate surface area is 197 Å². The van der Waals surface area contributed by atoms with E-state index in [1.807, 2.05) is 30.3 Å². The molecule has 0 saturated carbocycles. The number of methoxy groups -OCH3 is 1. The molecule has 1 aliphatic carbocycles. The fourth-order valence-electron chi connectivity index (χ4n) is 4.41. The Morgan fingerprint density at radius 1 is 1.34 bits per heavy atom. The number of amides is 1. The second-order valence-electron chi connectivity index (χ2n) is 7.84. The number of rotatable bonds is 6. The van der Waals surface area contributed by atoms with Crippen molar-refractivity contribution in [3.05, 3.63) is 75.4 Å². The third kappa shape index (κ3) is 4.03. The fraction of sp³-hybridized carbons (Fsp3) is 0.280. The maximum absolute atomic E-state index is 11.9. The molecule has 166 valence electrons. The Morgan fingerprint density at radius 3 is 2.84 bits per heavy atom. The van der Waals surface area contributed by atoms with E-state index in [-0.39, 0.29) is 11.8 Å². The lowest BCUT2D eigenvalue weighted by Gasteiger charge is -2.26. The summed E-state index contributed by atoms with van der Waals surface area (Å²) in [4.78, 5) is 11.9. The van der Waals surface area contributed by atoms with Crippen molar-refractivity contribution < 1.29 is 9.53 Å². The van der Waals surface area contributed by atoms with Gasteiger partial charge in [-0.2, -0.15) is 5.10 Å². The van der Waals surface area contributed by atoms with Crippen LogP contribution in [0.2, 0.25) is 10.0 Å². The van der Waals surface area contributed by atoms with E-state index in [9.17, 15) is 4.79 Å². The molecule has 1 heterocycles. The average Bonchev–Trinajstić information content (AvgIpc) is 3.23. The Balaban J connectivity index is 1.70. The van der Waals surface area contributed by atoms with Crippen LogP contribution >= 0.6 is 23.2 Å². The molecule has 7 heteroatoms. The lowest BCUT2D eigenvalue weighted by Crippen LogP contribution is -2.14. The minimum absolute atomic E-state index is 0.159. The Kier molecular flexibility index (Phi) is 6.58. The predicted octanol–water partition coefficient (Wildman–Crippen LogP) is 6.35. The summed E-state index contributed by atoms with van der Waals surface area (Å²) in [6.07, 6.45) is 4.52. The first-order chi connectivity index (χ1) is 15.5. The molecule has 1 atom stereocenters. The largest absolute Gasteiger partial charge is 0.495 e. The van der Waals surface area contributed by atoms with Gasteiger partial charge in [0.25, 0.3) is 0 Å². The van der Waals surface area contributed by atoms with Crippen LogP contribution in [0.3, 0.4) is 0 Å². The fourth-order valence-corrected chi connectivity index (χ4v) is 5.28. The number of hydrogen-bond donors (Lipinski definition) is 2. The lowest BCUT2D eigenvalue weighted by atomic mass is 9.81. The highest BCUT2D eigenvalue weighted by Gasteiger charge is 2.30. The molecule has 0 spiro atoms. The summed E-state index contributed by atoms with van der Waals surface area (Å²) in [5, 5.41) is 12.0. The van der Waals surface area contributed by atoms with Crippen LogP contribution in [0.4, 0.5) is 5.69 Å². The van der Waals surface area contributed by atoms with Crippen molar-refractivity contribution in [2.45, 2.75) is 38.5 Å². The van der Waals surface area contributed by atoms with Crippen LogP contribution in [0.25, 0.3) is 11.3 Å². The summed E-state index contributed by atoms with van der Waals surface area (Å²) in [5.74, 6) is 0.564. The standard InChI is InChI=1S/C25H25Cl2N3O2/c1-4-14-13-20(32-3)24(27)22(23(14)26)15-10-11-17-19(12-15)29-30-25(17)16-8-6-7-9-18(16)28-21(31)5-2/h5-9,13,15H,2,4,10-12H2,1,3H3,(H,28,31)(H,29,30). The minimum atomic E-state index is -0.254. The van der Waals surface area contributed by atoms with Crippen LogP contribution in [0.1, 0.15) is 41.6 Å². The molecule has 0 saturated heterocycles. The van der Waals surface area contributed by atoms with Gasteiger partial charge in [0.15, 0.2) is 0 Å². The number of aromatic nitrogens is 2. The second kappa shape index (κ2) is 9.39. The third-order valence-corrected chi connectivity index (χ3v) is 6.89. The van der Waals surface area contributed by atoms with Crippen molar-refractivity contribution in [3.8, 4) is 17.0 Å². The Hall–Kier alpha value is -2.76. The third-order valence-electron chi connectivity index (χ3n) is 6.06. The van der Waals surface area contributed by atoms with E-state index in [1.54, 1.807) is 7.11 Å². The number of para-hydroxylation sites is 1. The van der Waals surface area contributed by atoms with Gasteiger partial charge in [-0.15, -0.1) is 0 Å². The number of halogens is 2. The summed E-state index contributed by atoms with van der Waals surface area (Å²) in [7, 11) is 1.63. The van der Waals surface area contributed by atoms with E-state index >= 15 is 0 Å². The summed E-state index contributed by atoms with van der Waals surface area (Å²) in [6.45, 7) is 5.60. The van der Waals surface area contributed by atoms with Crippen molar-refractivity contribution in [2.24, 2.45) is 0 Å². The molecule has 1 unspecified atom stereocenters. The summed E-state index contributed by atoms with van der Waals surface area (Å²) in [6, 6.07) is 9.57. The molecule has 0 radical (unpaired) electrons. The van der Waals surface area contributed by atoms with Crippen molar-refractivity contribution >= 4 is 34.8 Å². The summed E-state index contributed by atoms with van der Waals surface area (Å²) in [5.41, 5.74) is 6.65. The van der Waals surface area contributed by atoms with Crippen LogP contribution < -0.4 is 10.1 Å². The van der Waals surface area contributed by atoms with E-state index in [0.717, 1.165) is 64.3 Å². The maximum atomic E-state index is 11.9. The monoisotopic (exact) mass is 469 g/mol. The number of carbonyl (C=O) groups is 1. The number of aromatic amines is 1. The number of H-pyrrole nitrogens is 1. The molecule has 1 aromatic heterocycles. The van der Waals surface area contributed by atoms with E-state index in [1.165, 1.54) is 6.08 Å². The van der Waals surface area contributed by atoms with Gasteiger partial charge < -0.3 is 10.1 Å². The molecule has 3 aromatic rings. The van der Waals surface area contributed by atoms with Crippen molar-refractivity contribution in [1.29, 1.82) is 0 Å². The number of nitrogens with zero attached hydrogens (tertiary/aromatic N) is 1. The van der Waals surface area contributed by atoms with Crippen LogP contribution in [0, 0.1) is 0 Å². The van der Waals surface area contributed by atoms with Gasteiger partial charge in [-0.25, -0.2) is 0 Å². The average molecular weight is 470 g/mol. The highest BCUT2D eigenvalue weighted by Crippen LogP contribution is 2.46. The Morgan fingerprint density at radius 2 is 2.12 bits per heavy atom. The van der Waals surface area contributed by atoms with Gasteiger partial charge in [-0.05, 0) is 60.9 Å². The van der Waals surface area contributed by atoms with Gasteiger partial charge in [-0.1, -0.05) is 54.9 Å². The van der Waals surface area contributed by atoms with Crippen LogP contribution in [-0.4, -0.2) is 23.2 Å². The number of hydrogen-bond acceptors (Lipinski definition) is 3. The molecule has 4 rings (SSSR count). The molecular weight excluding hydrogens is 445 g/mol. The molecule has 1 aliphatic rings. The normalized spacial score (nSPS) is 15.2. The van der Waals surface area contributed by atoms with E-state index in [2.05, 4.69) is 29.0 Å². The molecule has 0 bridgehead atoms. The number of aryl methyl sites for hydroxylation is 1. The van der Waals surface area contributed by atoms with Crippen LogP contribution in [0.15, 0.2) is 43.0 Å². The molecule has 0 fully saturated rings. The zero-order chi connectivity index (χ0) is 22.8. The number of anilines is 1. The van der Waals surface area contributed by atoms with Crippen LogP contribution in [0.5, 0.6) is 5.75 Å². The maximum Gasteiger partial charge on any atom is 0.247 e. The highest BCUT2D eigenvalue weighted by atomic mass is 35.5. The molecule has 1 amide bonds. The smallest absolute Gasteiger partial charge is 0.247 e. The quantitative estimate of drug-likeness (QED) is 0.413. The zero-order valence-electron chi connectivity index (χ0n) is 18.1. The first-order valence-corrected chi connectivity index (χ1v) is 11.4. The topological polar surface area (TPSA) is 67.0 Å². The molecule has 5 nitrogen and oxygen atoms in total. The van der Waals surface area contributed by atoms with Crippen molar-refractivity contribution in [2.75, 3.05) is 12.4 Å². The number of carbonyl (C=O) groups excluding carboxylic acids is 1. The van der Waals surface area contributed by atoms with Gasteiger partial charge in [0, 0.05) is 21.8 Å². The molecular formula is C25H25Cl2N3O2. The van der Waals surface area contributed by atoms with Crippen molar-refractivity contribution in [1.82, 2.24) is 10.2 Å². The lowest BCUT2D eigenvalue weighted by molar-refractivity contribution is -0.111. The van der Waals surface area contributed by atoms with Crippen molar-refractivity contribution in [3.63, 3.8) is 0 Å². The van der Waals surface area contributed by atoms with E-state index in [4.69, 9.17) is 27.9 Å². The first-order valence-electron chi connectivity index (χ1n) is 10.6. The van der Waals surface area contributed by atoms with Gasteiger partial charge in [0.05, 0.1) is 23.5 Å². The predicted molar refractivity (Wildman–Crippen MR) is 130 cm³/mol. The van der Waals surface area contributed by atoms with E-state index in [0.29, 0.717) is 16.5 Å². The first kappa shape index (κ1) is 22.4. The van der Waals surface area contributed by atoms with Gasteiger partial charge >= 0.3 is 0 Å². The summed E-state index contributed by atoms with van der Waals surface area (Å²) < 4.78 is 5.51. The highest BCUT2D eigenvalue weighted by molar-refractivity contribution is 6.37. The molecule has 2 N–H and O–H groups in total. The number of benzene rings is 2. The van der Waals surface area contributed by atoms with E-state index < -0.39 is 0 Å². The van der Waals surface area contributed by atoms with Gasteiger partial charge in [0.2, 0.25) is 5.91 Å². The molecule has 2 aromatic carbocycles. The minimum Gasteiger partial charge on any atom is -0.495 e. The SMILES string of the molecule is C=CC(=O)Nc1ccccc1-c1n[nH]c2c1CCC(c1c(Cl)c(CC)cc(OC)c1Cl)C2.